The largest absolute Gasteiger partial charge is 0.383 e. The molecule has 0 fully saturated rings. The second-order valence-electron chi connectivity index (χ2n) is 5.00. The SMILES string of the molecule is C=C/C=C(\C)c1cc(NC(C)C)c(CN)c(C(N)=O)c1. The molecule has 20 heavy (non-hydrogen) atoms. The molecule has 1 amide bonds. The zero-order chi connectivity index (χ0) is 15.3. The first kappa shape index (κ1) is 16.0. The predicted molar refractivity (Wildman–Crippen MR) is 85.5 cm³/mol. The molecule has 0 aliphatic heterocycles. The van der Waals surface area contributed by atoms with Gasteiger partial charge in [0.05, 0.1) is 0 Å². The number of allylic oxidation sites excluding steroid dienone is 3. The van der Waals surface area contributed by atoms with Gasteiger partial charge in [-0.15, -0.1) is 0 Å². The van der Waals surface area contributed by atoms with Gasteiger partial charge in [-0.2, -0.15) is 0 Å². The Labute approximate surface area is 120 Å². The molecule has 4 nitrogen and oxygen atoms in total. The van der Waals surface area contributed by atoms with Gasteiger partial charge in [-0.05, 0) is 44.0 Å². The molecule has 0 atom stereocenters. The van der Waals surface area contributed by atoms with Crippen LogP contribution in [0.1, 0.15) is 42.3 Å². The number of amides is 1. The fourth-order valence-electron chi connectivity index (χ4n) is 2.05. The van der Waals surface area contributed by atoms with Gasteiger partial charge in [0.1, 0.15) is 0 Å². The number of primary amides is 1. The van der Waals surface area contributed by atoms with Crippen LogP contribution in [0.15, 0.2) is 30.9 Å². The summed E-state index contributed by atoms with van der Waals surface area (Å²) >= 11 is 0. The van der Waals surface area contributed by atoms with E-state index in [0.717, 1.165) is 22.4 Å². The molecular weight excluding hydrogens is 250 g/mol. The van der Waals surface area contributed by atoms with Crippen LogP contribution in [0.5, 0.6) is 0 Å². The van der Waals surface area contributed by atoms with Crippen LogP contribution in [0, 0.1) is 0 Å². The van der Waals surface area contributed by atoms with Crippen molar-refractivity contribution in [3.63, 3.8) is 0 Å². The number of hydrogen-bond acceptors (Lipinski definition) is 3. The van der Waals surface area contributed by atoms with Gasteiger partial charge in [-0.25, -0.2) is 0 Å². The molecule has 0 radical (unpaired) electrons. The predicted octanol–water partition coefficient (Wildman–Crippen LogP) is 2.65. The zero-order valence-corrected chi connectivity index (χ0v) is 12.4. The summed E-state index contributed by atoms with van der Waals surface area (Å²) < 4.78 is 0. The highest BCUT2D eigenvalue weighted by molar-refractivity contribution is 5.97. The van der Waals surface area contributed by atoms with Crippen LogP contribution in [0.25, 0.3) is 5.57 Å². The first-order valence-electron chi connectivity index (χ1n) is 6.63. The molecule has 0 aromatic heterocycles. The first-order valence-corrected chi connectivity index (χ1v) is 6.63. The Hall–Kier alpha value is -2.07. The fourth-order valence-corrected chi connectivity index (χ4v) is 2.05. The van der Waals surface area contributed by atoms with Crippen LogP contribution in [0.2, 0.25) is 0 Å². The third-order valence-corrected chi connectivity index (χ3v) is 2.99. The summed E-state index contributed by atoms with van der Waals surface area (Å²) in [6.45, 7) is 9.97. The van der Waals surface area contributed by atoms with Gasteiger partial charge >= 0.3 is 0 Å². The Morgan fingerprint density at radius 2 is 2.10 bits per heavy atom. The van der Waals surface area contributed by atoms with E-state index in [-0.39, 0.29) is 12.6 Å². The van der Waals surface area contributed by atoms with E-state index in [0.29, 0.717) is 5.56 Å². The quantitative estimate of drug-likeness (QED) is 0.697. The van der Waals surface area contributed by atoms with E-state index in [2.05, 4.69) is 11.9 Å². The van der Waals surface area contributed by atoms with Crippen LogP contribution in [-0.2, 0) is 6.54 Å². The van der Waals surface area contributed by atoms with Gasteiger partial charge in [0.25, 0.3) is 0 Å². The average molecular weight is 273 g/mol. The van der Waals surface area contributed by atoms with Crippen LogP contribution in [0.4, 0.5) is 5.69 Å². The smallest absolute Gasteiger partial charge is 0.249 e. The monoisotopic (exact) mass is 273 g/mol. The van der Waals surface area contributed by atoms with E-state index in [4.69, 9.17) is 11.5 Å². The van der Waals surface area contributed by atoms with E-state index in [9.17, 15) is 4.79 Å². The van der Waals surface area contributed by atoms with Crippen molar-refractivity contribution in [1.82, 2.24) is 0 Å². The Morgan fingerprint density at radius 1 is 1.45 bits per heavy atom. The Kier molecular flexibility index (Phi) is 5.53. The van der Waals surface area contributed by atoms with Crippen molar-refractivity contribution in [2.45, 2.75) is 33.4 Å². The lowest BCUT2D eigenvalue weighted by Crippen LogP contribution is -2.20. The fraction of sp³-hybridized carbons (Fsp3) is 0.312. The molecular formula is C16H23N3O. The standard InChI is InChI=1S/C16H23N3O/c1-5-6-11(4)12-7-13(16(18)20)14(9-17)15(8-12)19-10(2)3/h5-8,10,19H,1,9,17H2,2-4H3,(H2,18,20)/b11-6+. The van der Waals surface area contributed by atoms with Crippen LogP contribution >= 0.6 is 0 Å². The van der Waals surface area contributed by atoms with Crippen molar-refractivity contribution in [2.24, 2.45) is 11.5 Å². The number of hydrogen-bond donors (Lipinski definition) is 3. The summed E-state index contributed by atoms with van der Waals surface area (Å²) in [6.07, 6.45) is 3.60. The minimum absolute atomic E-state index is 0.236. The van der Waals surface area contributed by atoms with Crippen molar-refractivity contribution in [3.8, 4) is 0 Å². The van der Waals surface area contributed by atoms with E-state index < -0.39 is 5.91 Å². The van der Waals surface area contributed by atoms with E-state index >= 15 is 0 Å². The summed E-state index contributed by atoms with van der Waals surface area (Å²) in [7, 11) is 0. The molecule has 0 aliphatic carbocycles. The summed E-state index contributed by atoms with van der Waals surface area (Å²) in [5.74, 6) is -0.467. The van der Waals surface area contributed by atoms with Crippen molar-refractivity contribution in [3.05, 3.63) is 47.6 Å². The summed E-state index contributed by atoms with van der Waals surface area (Å²) in [4.78, 5) is 11.7. The molecule has 0 spiro atoms. The number of rotatable bonds is 6. The molecule has 1 aromatic rings. The number of carbonyl (C=O) groups is 1. The molecule has 1 rings (SSSR count). The van der Waals surface area contributed by atoms with Crippen molar-refractivity contribution >= 4 is 17.2 Å². The highest BCUT2D eigenvalue weighted by Gasteiger charge is 2.15. The minimum Gasteiger partial charge on any atom is -0.383 e. The molecule has 0 bridgehead atoms. The Balaban J connectivity index is 3.50. The lowest BCUT2D eigenvalue weighted by molar-refractivity contribution is 0.0999. The minimum atomic E-state index is -0.467. The molecule has 1 aromatic carbocycles. The third kappa shape index (κ3) is 3.71. The number of benzene rings is 1. The van der Waals surface area contributed by atoms with Gasteiger partial charge < -0.3 is 16.8 Å². The van der Waals surface area contributed by atoms with Gasteiger partial charge in [-0.3, -0.25) is 4.79 Å². The lowest BCUT2D eigenvalue weighted by atomic mass is 9.96. The van der Waals surface area contributed by atoms with E-state index in [1.54, 1.807) is 12.1 Å². The second-order valence-corrected chi connectivity index (χ2v) is 5.00. The third-order valence-electron chi connectivity index (χ3n) is 2.99. The van der Waals surface area contributed by atoms with Crippen LogP contribution in [0.3, 0.4) is 0 Å². The summed E-state index contributed by atoms with van der Waals surface area (Å²) in [5.41, 5.74) is 15.3. The average Bonchev–Trinajstić information content (AvgIpc) is 2.37. The molecule has 108 valence electrons. The van der Waals surface area contributed by atoms with Gasteiger partial charge in [0.15, 0.2) is 0 Å². The van der Waals surface area contributed by atoms with Crippen molar-refractivity contribution in [1.29, 1.82) is 0 Å². The van der Waals surface area contributed by atoms with Crippen LogP contribution < -0.4 is 16.8 Å². The molecule has 0 heterocycles. The molecule has 5 N–H and O–H groups in total. The molecule has 4 heteroatoms. The van der Waals surface area contributed by atoms with E-state index in [1.165, 1.54) is 0 Å². The van der Waals surface area contributed by atoms with Gasteiger partial charge in [0, 0.05) is 29.4 Å². The maximum absolute atomic E-state index is 11.7. The lowest BCUT2D eigenvalue weighted by Gasteiger charge is -2.18. The number of carbonyl (C=O) groups excluding carboxylic acids is 1. The molecule has 0 saturated carbocycles. The molecule has 0 aliphatic rings. The zero-order valence-electron chi connectivity index (χ0n) is 12.4. The summed E-state index contributed by atoms with van der Waals surface area (Å²) in [6, 6.07) is 4.01. The van der Waals surface area contributed by atoms with Crippen LogP contribution in [-0.4, -0.2) is 11.9 Å². The number of anilines is 1. The first-order chi connectivity index (χ1) is 9.40. The molecule has 0 saturated heterocycles. The van der Waals surface area contributed by atoms with Gasteiger partial charge in [0.2, 0.25) is 5.91 Å². The highest BCUT2D eigenvalue weighted by Crippen LogP contribution is 2.27. The second kappa shape index (κ2) is 6.91. The van der Waals surface area contributed by atoms with Gasteiger partial charge in [-0.1, -0.05) is 18.7 Å². The molecule has 0 unspecified atom stereocenters. The van der Waals surface area contributed by atoms with E-state index in [1.807, 2.05) is 32.9 Å². The Morgan fingerprint density at radius 3 is 2.55 bits per heavy atom. The maximum atomic E-state index is 11.7. The maximum Gasteiger partial charge on any atom is 0.249 e. The van der Waals surface area contributed by atoms with Crippen molar-refractivity contribution < 1.29 is 4.79 Å². The normalized spacial score (nSPS) is 11.6. The number of nitrogens with one attached hydrogen (secondary N) is 1. The Bertz CT molecular complexity index is 545. The summed E-state index contributed by atoms with van der Waals surface area (Å²) in [5, 5.41) is 3.32. The van der Waals surface area contributed by atoms with Crippen molar-refractivity contribution in [2.75, 3.05) is 5.32 Å². The highest BCUT2D eigenvalue weighted by atomic mass is 16.1. The topological polar surface area (TPSA) is 81.1 Å². The number of nitrogens with two attached hydrogens (primary N) is 2.